The summed E-state index contributed by atoms with van der Waals surface area (Å²) in [5.41, 5.74) is 6.78. The number of piperidine rings is 1. The van der Waals surface area contributed by atoms with Crippen LogP contribution in [-0.2, 0) is 0 Å². The van der Waals surface area contributed by atoms with Gasteiger partial charge in [0.25, 0.3) is 0 Å². The highest BCUT2D eigenvalue weighted by molar-refractivity contribution is 4.96. The Kier molecular flexibility index (Phi) is 3.84. The van der Waals surface area contributed by atoms with E-state index in [2.05, 4.69) is 32.6 Å². The lowest BCUT2D eigenvalue weighted by molar-refractivity contribution is 0.0985. The lowest BCUT2D eigenvalue weighted by atomic mass is 9.85. The fraction of sp³-hybridized carbons (Fsp3) is 1.00. The van der Waals surface area contributed by atoms with E-state index >= 15 is 0 Å². The first kappa shape index (κ1) is 13.4. The predicted octanol–water partition coefficient (Wildman–Crippen LogP) is 2.87. The molecule has 2 heteroatoms. The molecule has 0 aromatic heterocycles. The van der Waals surface area contributed by atoms with Gasteiger partial charge in [-0.2, -0.15) is 0 Å². The molecule has 0 aromatic carbocycles. The van der Waals surface area contributed by atoms with Crippen molar-refractivity contribution in [3.05, 3.63) is 0 Å². The van der Waals surface area contributed by atoms with E-state index in [1.54, 1.807) is 0 Å². The van der Waals surface area contributed by atoms with Crippen LogP contribution in [0.2, 0.25) is 0 Å². The molecule has 1 saturated heterocycles. The number of nitrogens with zero attached hydrogens (tertiary/aromatic N) is 1. The van der Waals surface area contributed by atoms with E-state index < -0.39 is 0 Å². The lowest BCUT2D eigenvalue weighted by Crippen LogP contribution is -2.47. The maximum absolute atomic E-state index is 6.43. The molecule has 4 atom stereocenters. The molecule has 0 radical (unpaired) electrons. The van der Waals surface area contributed by atoms with Crippen molar-refractivity contribution in [2.45, 2.75) is 65.5 Å². The molecule has 0 spiro atoms. The predicted molar refractivity (Wildman–Crippen MR) is 73.9 cm³/mol. The second-order valence-electron chi connectivity index (χ2n) is 7.30. The Balaban J connectivity index is 1.92. The molecule has 1 aliphatic carbocycles. The van der Waals surface area contributed by atoms with Gasteiger partial charge >= 0.3 is 0 Å². The van der Waals surface area contributed by atoms with Crippen LogP contribution in [0, 0.1) is 17.3 Å². The molecule has 17 heavy (non-hydrogen) atoms. The number of nitrogens with two attached hydrogens (primary N) is 1. The molecule has 1 saturated carbocycles. The van der Waals surface area contributed by atoms with Crippen molar-refractivity contribution in [3.63, 3.8) is 0 Å². The third-order valence-corrected chi connectivity index (χ3v) is 5.29. The number of rotatable bonds is 2. The van der Waals surface area contributed by atoms with Crippen molar-refractivity contribution >= 4 is 0 Å². The topological polar surface area (TPSA) is 29.3 Å². The molecule has 2 fully saturated rings. The Morgan fingerprint density at radius 2 is 1.88 bits per heavy atom. The minimum absolute atomic E-state index is 0.356. The van der Waals surface area contributed by atoms with Gasteiger partial charge in [0.1, 0.15) is 0 Å². The average Bonchev–Trinajstić information content (AvgIpc) is 2.51. The fourth-order valence-electron chi connectivity index (χ4n) is 3.68. The second kappa shape index (κ2) is 4.89. The molecule has 2 nitrogen and oxygen atoms in total. The monoisotopic (exact) mass is 238 g/mol. The van der Waals surface area contributed by atoms with E-state index in [4.69, 9.17) is 5.73 Å². The Morgan fingerprint density at radius 3 is 2.47 bits per heavy atom. The zero-order valence-corrected chi connectivity index (χ0v) is 12.1. The van der Waals surface area contributed by atoms with Crippen LogP contribution in [0.1, 0.15) is 53.4 Å². The molecule has 1 heterocycles. The first-order chi connectivity index (χ1) is 7.90. The van der Waals surface area contributed by atoms with Gasteiger partial charge in [-0.15, -0.1) is 0 Å². The highest BCUT2D eigenvalue weighted by Crippen LogP contribution is 2.40. The molecular formula is C15H30N2. The third-order valence-electron chi connectivity index (χ3n) is 5.29. The summed E-state index contributed by atoms with van der Waals surface area (Å²) >= 11 is 0. The van der Waals surface area contributed by atoms with Crippen molar-refractivity contribution in [3.8, 4) is 0 Å². The number of likely N-dealkylation sites (tertiary alicyclic amines) is 1. The minimum atomic E-state index is 0.356. The van der Waals surface area contributed by atoms with Crippen molar-refractivity contribution in [1.29, 1.82) is 0 Å². The van der Waals surface area contributed by atoms with Gasteiger partial charge in [0, 0.05) is 25.2 Å². The van der Waals surface area contributed by atoms with Gasteiger partial charge in [0.2, 0.25) is 0 Å². The average molecular weight is 238 g/mol. The van der Waals surface area contributed by atoms with Crippen molar-refractivity contribution in [2.75, 3.05) is 13.1 Å². The summed E-state index contributed by atoms with van der Waals surface area (Å²) in [6, 6.07) is 1.16. The van der Waals surface area contributed by atoms with Gasteiger partial charge in [-0.3, -0.25) is 0 Å². The maximum atomic E-state index is 6.43. The van der Waals surface area contributed by atoms with Crippen molar-refractivity contribution < 1.29 is 0 Å². The van der Waals surface area contributed by atoms with E-state index in [9.17, 15) is 0 Å². The number of hydrogen-bond donors (Lipinski definition) is 1. The number of hydrogen-bond acceptors (Lipinski definition) is 2. The van der Waals surface area contributed by atoms with E-state index in [-0.39, 0.29) is 0 Å². The van der Waals surface area contributed by atoms with Crippen LogP contribution in [-0.4, -0.2) is 30.1 Å². The smallest absolute Gasteiger partial charge is 0.0131 e. The Morgan fingerprint density at radius 1 is 1.18 bits per heavy atom. The van der Waals surface area contributed by atoms with E-state index in [1.165, 1.54) is 38.8 Å². The summed E-state index contributed by atoms with van der Waals surface area (Å²) in [6.07, 6.45) is 5.40. The van der Waals surface area contributed by atoms with Crippen LogP contribution in [0.4, 0.5) is 0 Å². The highest BCUT2D eigenvalue weighted by atomic mass is 15.2. The fourth-order valence-corrected chi connectivity index (χ4v) is 3.68. The Bertz CT molecular complexity index is 262. The van der Waals surface area contributed by atoms with Gasteiger partial charge in [0.15, 0.2) is 0 Å². The summed E-state index contributed by atoms with van der Waals surface area (Å²) < 4.78 is 0. The van der Waals surface area contributed by atoms with E-state index in [0.29, 0.717) is 11.5 Å². The first-order valence-electron chi connectivity index (χ1n) is 7.40. The summed E-state index contributed by atoms with van der Waals surface area (Å²) in [4.78, 5) is 2.69. The summed E-state index contributed by atoms with van der Waals surface area (Å²) in [5.74, 6) is 1.59. The van der Waals surface area contributed by atoms with Gasteiger partial charge in [-0.25, -0.2) is 0 Å². The normalized spacial score (nSPS) is 42.9. The van der Waals surface area contributed by atoms with Crippen molar-refractivity contribution in [1.82, 2.24) is 4.90 Å². The zero-order valence-electron chi connectivity index (χ0n) is 12.1. The van der Waals surface area contributed by atoms with Crippen LogP contribution in [0.15, 0.2) is 0 Å². The van der Waals surface area contributed by atoms with Crippen molar-refractivity contribution in [2.24, 2.45) is 23.0 Å². The molecule has 2 N–H and O–H groups in total. The quantitative estimate of drug-likeness (QED) is 0.801. The molecular weight excluding hydrogens is 208 g/mol. The molecule has 1 aliphatic heterocycles. The molecule has 2 aliphatic rings. The highest BCUT2D eigenvalue weighted by Gasteiger charge is 2.40. The largest absolute Gasteiger partial charge is 0.327 e. The van der Waals surface area contributed by atoms with E-state index in [1.807, 2.05) is 0 Å². The summed E-state index contributed by atoms with van der Waals surface area (Å²) in [6.45, 7) is 12.0. The molecule has 0 aromatic rings. The van der Waals surface area contributed by atoms with Crippen LogP contribution >= 0.6 is 0 Å². The second-order valence-corrected chi connectivity index (χ2v) is 7.30. The van der Waals surface area contributed by atoms with Crippen LogP contribution in [0.5, 0.6) is 0 Å². The van der Waals surface area contributed by atoms with Crippen LogP contribution in [0.25, 0.3) is 0 Å². The Labute approximate surface area is 107 Å². The van der Waals surface area contributed by atoms with Gasteiger partial charge in [0.05, 0.1) is 0 Å². The summed E-state index contributed by atoms with van der Waals surface area (Å²) in [7, 11) is 0. The third kappa shape index (κ3) is 2.85. The Hall–Kier alpha value is -0.0800. The molecule has 100 valence electrons. The minimum Gasteiger partial charge on any atom is -0.327 e. The summed E-state index contributed by atoms with van der Waals surface area (Å²) in [5, 5.41) is 0. The SMILES string of the molecule is CC1CCC(C)N(CC2CCC(C)(C)C2N)C1. The van der Waals surface area contributed by atoms with Gasteiger partial charge in [-0.1, -0.05) is 20.8 Å². The zero-order chi connectivity index (χ0) is 12.6. The van der Waals surface area contributed by atoms with E-state index in [0.717, 1.165) is 17.9 Å². The maximum Gasteiger partial charge on any atom is 0.0131 e. The van der Waals surface area contributed by atoms with Gasteiger partial charge < -0.3 is 10.6 Å². The molecule has 0 bridgehead atoms. The lowest BCUT2D eigenvalue weighted by Gasteiger charge is -2.39. The standard InChI is InChI=1S/C15H30N2/c1-11-5-6-12(2)17(9-11)10-13-7-8-15(3,4)14(13)16/h11-14H,5-10,16H2,1-4H3. The van der Waals surface area contributed by atoms with Crippen LogP contribution in [0.3, 0.4) is 0 Å². The molecule has 2 rings (SSSR count). The van der Waals surface area contributed by atoms with Gasteiger partial charge in [-0.05, 0) is 49.9 Å². The molecule has 0 amide bonds. The first-order valence-corrected chi connectivity index (χ1v) is 7.40. The van der Waals surface area contributed by atoms with Crippen LogP contribution < -0.4 is 5.73 Å². The molecule has 4 unspecified atom stereocenters.